The molecule has 1 saturated heterocycles. The van der Waals surface area contributed by atoms with Gasteiger partial charge in [0.25, 0.3) is 0 Å². The first-order valence-corrected chi connectivity index (χ1v) is 12.6. The lowest BCUT2D eigenvalue weighted by Gasteiger charge is -2.26. The summed E-state index contributed by atoms with van der Waals surface area (Å²) in [4.78, 5) is 7.54. The zero-order chi connectivity index (χ0) is 23.8. The molecule has 0 aliphatic carbocycles. The van der Waals surface area contributed by atoms with Gasteiger partial charge in [-0.1, -0.05) is 0 Å². The van der Waals surface area contributed by atoms with E-state index in [-0.39, 0.29) is 10.9 Å². The molecule has 8 nitrogen and oxygen atoms in total. The van der Waals surface area contributed by atoms with Gasteiger partial charge in [0.1, 0.15) is 17.3 Å². The molecule has 3 aromatic rings. The molecule has 178 valence electrons. The van der Waals surface area contributed by atoms with E-state index in [1.54, 1.807) is 26.4 Å². The van der Waals surface area contributed by atoms with Gasteiger partial charge in [-0.15, -0.1) is 0 Å². The number of sulfonamides is 1. The molecule has 33 heavy (non-hydrogen) atoms. The minimum atomic E-state index is -3.51. The van der Waals surface area contributed by atoms with E-state index in [9.17, 15) is 8.42 Å². The van der Waals surface area contributed by atoms with Crippen molar-refractivity contribution >= 4 is 21.1 Å². The van der Waals surface area contributed by atoms with Gasteiger partial charge in [0.2, 0.25) is 10.0 Å². The summed E-state index contributed by atoms with van der Waals surface area (Å²) in [5, 5.41) is 0. The van der Waals surface area contributed by atoms with Crippen molar-refractivity contribution in [1.29, 1.82) is 0 Å². The third-order valence-electron chi connectivity index (χ3n) is 6.40. The van der Waals surface area contributed by atoms with Crippen LogP contribution in [0.4, 0.5) is 0 Å². The number of rotatable bonds is 8. The monoisotopic (exact) mass is 472 g/mol. The fraction of sp³-hybridized carbons (Fsp3) is 0.458. The first-order valence-electron chi connectivity index (χ1n) is 11.2. The molecule has 9 heteroatoms. The standard InChI is InChI=1S/C24H32N4O4S/c1-6-28-22-11-10-18(33(29,30)26(2)3)15-20(22)25-24(28)16-27-13-7-8-21(27)19-14-17(31-4)9-12-23(19)32-5/h9-12,14-15,21H,6-8,13,16H2,1-5H3. The predicted molar refractivity (Wildman–Crippen MR) is 128 cm³/mol. The van der Waals surface area contributed by atoms with Crippen molar-refractivity contribution in [1.82, 2.24) is 18.8 Å². The summed E-state index contributed by atoms with van der Waals surface area (Å²) in [6, 6.07) is 11.3. The SMILES string of the molecule is CCn1c(CN2CCCC2c2cc(OC)ccc2OC)nc2cc(S(=O)(=O)N(C)C)ccc21. The highest BCUT2D eigenvalue weighted by Gasteiger charge is 2.30. The van der Waals surface area contributed by atoms with Crippen LogP contribution in [0, 0.1) is 0 Å². The largest absolute Gasteiger partial charge is 0.497 e. The molecule has 1 atom stereocenters. The smallest absolute Gasteiger partial charge is 0.242 e. The van der Waals surface area contributed by atoms with Crippen molar-refractivity contribution in [2.24, 2.45) is 0 Å². The Balaban J connectivity index is 1.70. The molecule has 0 radical (unpaired) electrons. The summed E-state index contributed by atoms with van der Waals surface area (Å²) < 4.78 is 39.7. The number of aromatic nitrogens is 2. The molecule has 1 fully saturated rings. The zero-order valence-electron chi connectivity index (χ0n) is 19.9. The van der Waals surface area contributed by atoms with Crippen molar-refractivity contribution in [2.45, 2.75) is 43.8 Å². The molecule has 0 bridgehead atoms. The quantitative estimate of drug-likeness (QED) is 0.498. The molecule has 2 heterocycles. The van der Waals surface area contributed by atoms with Crippen molar-refractivity contribution in [3.63, 3.8) is 0 Å². The summed E-state index contributed by atoms with van der Waals surface area (Å²) in [5.74, 6) is 2.60. The maximum atomic E-state index is 12.6. The Bertz CT molecular complexity index is 1250. The van der Waals surface area contributed by atoms with Crippen molar-refractivity contribution in [3.8, 4) is 11.5 Å². The topological polar surface area (TPSA) is 76.9 Å². The van der Waals surface area contributed by atoms with Gasteiger partial charge >= 0.3 is 0 Å². The van der Waals surface area contributed by atoms with Gasteiger partial charge in [0.15, 0.2) is 0 Å². The fourth-order valence-corrected chi connectivity index (χ4v) is 5.58. The second-order valence-electron chi connectivity index (χ2n) is 8.45. The number of benzene rings is 2. The average Bonchev–Trinajstić information content (AvgIpc) is 3.41. The predicted octanol–water partition coefficient (Wildman–Crippen LogP) is 3.66. The van der Waals surface area contributed by atoms with Crippen LogP contribution >= 0.6 is 0 Å². The van der Waals surface area contributed by atoms with Gasteiger partial charge in [0.05, 0.1) is 36.7 Å². The number of aryl methyl sites for hydroxylation is 1. The zero-order valence-corrected chi connectivity index (χ0v) is 20.7. The van der Waals surface area contributed by atoms with Crippen LogP contribution in [0.3, 0.4) is 0 Å². The van der Waals surface area contributed by atoms with Crippen LogP contribution in [0.1, 0.15) is 37.2 Å². The maximum Gasteiger partial charge on any atom is 0.242 e. The molecule has 1 unspecified atom stereocenters. The van der Waals surface area contributed by atoms with E-state index < -0.39 is 10.0 Å². The van der Waals surface area contributed by atoms with E-state index in [1.807, 2.05) is 18.2 Å². The number of ether oxygens (including phenoxy) is 2. The number of imidazole rings is 1. The number of methoxy groups -OCH3 is 2. The Labute approximate surface area is 195 Å². The summed E-state index contributed by atoms with van der Waals surface area (Å²) in [5.41, 5.74) is 2.76. The highest BCUT2D eigenvalue weighted by Crippen LogP contribution is 2.39. The minimum absolute atomic E-state index is 0.199. The van der Waals surface area contributed by atoms with Gasteiger partial charge < -0.3 is 14.0 Å². The van der Waals surface area contributed by atoms with Gasteiger partial charge in [-0.2, -0.15) is 0 Å². The molecule has 0 amide bonds. The normalized spacial score (nSPS) is 17.2. The molecular formula is C24H32N4O4S. The van der Waals surface area contributed by atoms with E-state index in [4.69, 9.17) is 14.5 Å². The van der Waals surface area contributed by atoms with Crippen LogP contribution < -0.4 is 9.47 Å². The molecule has 1 aromatic heterocycles. The summed E-state index contributed by atoms with van der Waals surface area (Å²) >= 11 is 0. The number of nitrogens with zero attached hydrogens (tertiary/aromatic N) is 4. The molecule has 0 spiro atoms. The maximum absolute atomic E-state index is 12.6. The number of hydrogen-bond acceptors (Lipinski definition) is 6. The van der Waals surface area contributed by atoms with E-state index in [0.29, 0.717) is 12.1 Å². The van der Waals surface area contributed by atoms with E-state index in [0.717, 1.165) is 54.3 Å². The summed E-state index contributed by atoms with van der Waals surface area (Å²) in [6.07, 6.45) is 2.11. The molecular weight excluding hydrogens is 440 g/mol. The molecule has 1 aliphatic heterocycles. The first kappa shape index (κ1) is 23.5. The lowest BCUT2D eigenvalue weighted by molar-refractivity contribution is 0.234. The van der Waals surface area contributed by atoms with Crippen molar-refractivity contribution in [3.05, 3.63) is 47.8 Å². The third-order valence-corrected chi connectivity index (χ3v) is 8.21. The molecule has 2 aromatic carbocycles. The van der Waals surface area contributed by atoms with Crippen molar-refractivity contribution in [2.75, 3.05) is 34.9 Å². The Morgan fingerprint density at radius 3 is 2.58 bits per heavy atom. The fourth-order valence-electron chi connectivity index (χ4n) is 4.65. The Morgan fingerprint density at radius 2 is 1.91 bits per heavy atom. The van der Waals surface area contributed by atoms with Crippen LogP contribution in [0.2, 0.25) is 0 Å². The van der Waals surface area contributed by atoms with Crippen LogP contribution in [0.25, 0.3) is 11.0 Å². The summed E-state index contributed by atoms with van der Waals surface area (Å²) in [6.45, 7) is 4.47. The van der Waals surface area contributed by atoms with Crippen LogP contribution in [0.15, 0.2) is 41.3 Å². The Morgan fingerprint density at radius 1 is 1.12 bits per heavy atom. The van der Waals surface area contributed by atoms with Crippen molar-refractivity contribution < 1.29 is 17.9 Å². The van der Waals surface area contributed by atoms with E-state index in [1.165, 1.54) is 18.4 Å². The number of fused-ring (bicyclic) bond motifs is 1. The van der Waals surface area contributed by atoms with E-state index >= 15 is 0 Å². The Kier molecular flexibility index (Phi) is 6.65. The van der Waals surface area contributed by atoms with E-state index in [2.05, 4.69) is 22.5 Å². The Hall–Kier alpha value is -2.62. The number of likely N-dealkylation sites (tertiary alicyclic amines) is 1. The first-order chi connectivity index (χ1) is 15.8. The highest BCUT2D eigenvalue weighted by molar-refractivity contribution is 7.89. The van der Waals surface area contributed by atoms with Gasteiger partial charge in [0, 0.05) is 32.2 Å². The molecule has 0 N–H and O–H groups in total. The van der Waals surface area contributed by atoms with Gasteiger partial charge in [-0.25, -0.2) is 17.7 Å². The van der Waals surface area contributed by atoms with Gasteiger partial charge in [-0.3, -0.25) is 4.90 Å². The van der Waals surface area contributed by atoms with Crippen LogP contribution in [-0.4, -0.2) is 62.0 Å². The second kappa shape index (κ2) is 9.32. The lowest BCUT2D eigenvalue weighted by Crippen LogP contribution is -2.25. The summed E-state index contributed by atoms with van der Waals surface area (Å²) in [7, 11) is 2.93. The highest BCUT2D eigenvalue weighted by atomic mass is 32.2. The lowest BCUT2D eigenvalue weighted by atomic mass is 10.0. The molecule has 4 rings (SSSR count). The minimum Gasteiger partial charge on any atom is -0.497 e. The van der Waals surface area contributed by atoms with Crippen LogP contribution in [-0.2, 0) is 23.1 Å². The van der Waals surface area contributed by atoms with Gasteiger partial charge in [-0.05, 0) is 62.7 Å². The van der Waals surface area contributed by atoms with Crippen LogP contribution in [0.5, 0.6) is 11.5 Å². The molecule has 0 saturated carbocycles. The average molecular weight is 473 g/mol. The number of hydrogen-bond donors (Lipinski definition) is 0. The third kappa shape index (κ3) is 4.32. The second-order valence-corrected chi connectivity index (χ2v) is 10.6. The molecule has 1 aliphatic rings.